The SMILES string of the molecule is CC(C)c1ccc(NC(=O)C2CC2C(=O)N(Cc2ccccc2)C(C)C)cc1. The number of carbonyl (C=O) groups excluding carboxylic acids is 2. The van der Waals surface area contributed by atoms with E-state index in [9.17, 15) is 9.59 Å². The van der Waals surface area contributed by atoms with Gasteiger partial charge in [-0.3, -0.25) is 9.59 Å². The predicted octanol–water partition coefficient (Wildman–Crippen LogP) is 4.82. The minimum Gasteiger partial charge on any atom is -0.336 e. The third-order valence-corrected chi connectivity index (χ3v) is 5.39. The van der Waals surface area contributed by atoms with Gasteiger partial charge in [-0.1, -0.05) is 56.3 Å². The van der Waals surface area contributed by atoms with Crippen molar-refractivity contribution in [3.8, 4) is 0 Å². The van der Waals surface area contributed by atoms with Crippen molar-refractivity contribution < 1.29 is 9.59 Å². The average Bonchev–Trinajstić information content (AvgIpc) is 3.47. The van der Waals surface area contributed by atoms with Crippen LogP contribution in [0.25, 0.3) is 0 Å². The van der Waals surface area contributed by atoms with Gasteiger partial charge in [-0.05, 0) is 49.4 Å². The second-order valence-electron chi connectivity index (χ2n) is 8.26. The minimum atomic E-state index is -0.228. The Hall–Kier alpha value is -2.62. The first-order chi connectivity index (χ1) is 13.4. The number of amides is 2. The summed E-state index contributed by atoms with van der Waals surface area (Å²) in [5.41, 5.74) is 3.14. The maximum atomic E-state index is 13.0. The fraction of sp³-hybridized carbons (Fsp3) is 0.417. The number of benzene rings is 2. The van der Waals surface area contributed by atoms with Crippen molar-refractivity contribution in [1.29, 1.82) is 0 Å². The van der Waals surface area contributed by atoms with Gasteiger partial charge in [-0.2, -0.15) is 0 Å². The number of carbonyl (C=O) groups is 2. The molecule has 2 unspecified atom stereocenters. The number of rotatable bonds is 7. The largest absolute Gasteiger partial charge is 0.336 e. The predicted molar refractivity (Wildman–Crippen MR) is 113 cm³/mol. The fourth-order valence-electron chi connectivity index (χ4n) is 3.45. The Morgan fingerprint density at radius 1 is 0.964 bits per heavy atom. The Balaban J connectivity index is 1.59. The van der Waals surface area contributed by atoms with Crippen molar-refractivity contribution in [2.45, 2.75) is 52.6 Å². The van der Waals surface area contributed by atoms with E-state index in [-0.39, 0.29) is 29.7 Å². The minimum absolute atomic E-state index is 0.0564. The molecule has 1 N–H and O–H groups in total. The van der Waals surface area contributed by atoms with Gasteiger partial charge in [0, 0.05) is 18.3 Å². The summed E-state index contributed by atoms with van der Waals surface area (Å²) in [6.45, 7) is 8.91. The van der Waals surface area contributed by atoms with Gasteiger partial charge in [0.15, 0.2) is 0 Å². The summed E-state index contributed by atoms with van der Waals surface area (Å²) in [7, 11) is 0. The topological polar surface area (TPSA) is 49.4 Å². The van der Waals surface area contributed by atoms with Crippen molar-refractivity contribution >= 4 is 17.5 Å². The molecule has 0 bridgehead atoms. The Kier molecular flexibility index (Phi) is 6.18. The molecule has 0 radical (unpaired) electrons. The Morgan fingerprint density at radius 3 is 2.18 bits per heavy atom. The van der Waals surface area contributed by atoms with Crippen LogP contribution in [0.2, 0.25) is 0 Å². The van der Waals surface area contributed by atoms with E-state index in [1.807, 2.05) is 73.3 Å². The van der Waals surface area contributed by atoms with E-state index >= 15 is 0 Å². The van der Waals surface area contributed by atoms with Crippen LogP contribution in [-0.2, 0) is 16.1 Å². The summed E-state index contributed by atoms with van der Waals surface area (Å²) < 4.78 is 0. The van der Waals surface area contributed by atoms with E-state index < -0.39 is 0 Å². The van der Waals surface area contributed by atoms with E-state index in [1.54, 1.807) is 0 Å². The molecule has 0 aliphatic heterocycles. The zero-order chi connectivity index (χ0) is 20.3. The second-order valence-corrected chi connectivity index (χ2v) is 8.26. The summed E-state index contributed by atoms with van der Waals surface area (Å²) in [6, 6.07) is 18.0. The van der Waals surface area contributed by atoms with Crippen molar-refractivity contribution in [3.05, 3.63) is 65.7 Å². The van der Waals surface area contributed by atoms with Crippen LogP contribution in [0.5, 0.6) is 0 Å². The molecule has 0 aromatic heterocycles. The number of hydrogen-bond acceptors (Lipinski definition) is 2. The molecule has 2 aromatic carbocycles. The lowest BCUT2D eigenvalue weighted by molar-refractivity contribution is -0.136. The van der Waals surface area contributed by atoms with Crippen LogP contribution in [-0.4, -0.2) is 22.8 Å². The van der Waals surface area contributed by atoms with Crippen LogP contribution < -0.4 is 5.32 Å². The highest BCUT2D eigenvalue weighted by atomic mass is 16.2. The number of hydrogen-bond donors (Lipinski definition) is 1. The molecule has 0 saturated heterocycles. The first-order valence-corrected chi connectivity index (χ1v) is 10.1. The van der Waals surface area contributed by atoms with Gasteiger partial charge in [0.1, 0.15) is 0 Å². The van der Waals surface area contributed by atoms with Gasteiger partial charge in [-0.25, -0.2) is 0 Å². The summed E-state index contributed by atoms with van der Waals surface area (Å²) in [5, 5.41) is 2.96. The quantitative estimate of drug-likeness (QED) is 0.751. The average molecular weight is 379 g/mol. The van der Waals surface area contributed by atoms with E-state index in [4.69, 9.17) is 0 Å². The molecule has 0 spiro atoms. The van der Waals surface area contributed by atoms with Crippen LogP contribution in [0, 0.1) is 11.8 Å². The number of anilines is 1. The third-order valence-electron chi connectivity index (χ3n) is 5.39. The Morgan fingerprint density at radius 2 is 1.61 bits per heavy atom. The van der Waals surface area contributed by atoms with E-state index in [2.05, 4.69) is 19.2 Å². The van der Waals surface area contributed by atoms with Crippen LogP contribution >= 0.6 is 0 Å². The molecular weight excluding hydrogens is 348 g/mol. The molecule has 2 atom stereocenters. The highest BCUT2D eigenvalue weighted by Gasteiger charge is 2.49. The lowest BCUT2D eigenvalue weighted by atomic mass is 10.0. The van der Waals surface area contributed by atoms with Crippen molar-refractivity contribution in [3.63, 3.8) is 0 Å². The fourth-order valence-corrected chi connectivity index (χ4v) is 3.45. The Bertz CT molecular complexity index is 812. The van der Waals surface area contributed by atoms with Gasteiger partial charge < -0.3 is 10.2 Å². The zero-order valence-electron chi connectivity index (χ0n) is 17.2. The summed E-state index contributed by atoms with van der Waals surface area (Å²) in [4.78, 5) is 27.4. The first-order valence-electron chi connectivity index (χ1n) is 10.1. The molecule has 0 heterocycles. The molecule has 148 valence electrons. The second kappa shape index (κ2) is 8.59. The molecule has 1 saturated carbocycles. The van der Waals surface area contributed by atoms with Crippen LogP contribution in [0.15, 0.2) is 54.6 Å². The Labute approximate surface area is 167 Å². The molecule has 2 amide bonds. The monoisotopic (exact) mass is 378 g/mol. The van der Waals surface area contributed by atoms with Gasteiger partial charge in [0.25, 0.3) is 0 Å². The summed E-state index contributed by atoms with van der Waals surface area (Å²) in [5.74, 6) is 0.0467. The molecule has 4 heteroatoms. The molecule has 1 aliphatic carbocycles. The van der Waals surface area contributed by atoms with Crippen molar-refractivity contribution in [1.82, 2.24) is 4.90 Å². The molecule has 3 rings (SSSR count). The van der Waals surface area contributed by atoms with E-state index in [0.29, 0.717) is 18.9 Å². The van der Waals surface area contributed by atoms with Crippen LogP contribution in [0.3, 0.4) is 0 Å². The maximum absolute atomic E-state index is 13.0. The summed E-state index contributed by atoms with van der Waals surface area (Å²) in [6.07, 6.45) is 0.632. The van der Waals surface area contributed by atoms with Crippen molar-refractivity contribution in [2.75, 3.05) is 5.32 Å². The highest BCUT2D eigenvalue weighted by molar-refractivity contribution is 5.99. The third kappa shape index (κ3) is 4.80. The van der Waals surface area contributed by atoms with E-state index in [1.165, 1.54) is 5.56 Å². The molecular formula is C24H30N2O2. The van der Waals surface area contributed by atoms with Gasteiger partial charge in [0.05, 0.1) is 11.8 Å². The standard InChI is InChI=1S/C24H30N2O2/c1-16(2)19-10-12-20(13-11-19)25-23(27)21-14-22(21)24(28)26(17(3)4)15-18-8-6-5-7-9-18/h5-13,16-17,21-22H,14-15H2,1-4H3,(H,25,27). The first kappa shape index (κ1) is 20.1. The number of nitrogens with one attached hydrogen (secondary N) is 1. The van der Waals surface area contributed by atoms with E-state index in [0.717, 1.165) is 11.3 Å². The molecule has 2 aromatic rings. The van der Waals surface area contributed by atoms with Gasteiger partial charge in [-0.15, -0.1) is 0 Å². The lowest BCUT2D eigenvalue weighted by Gasteiger charge is -2.27. The van der Waals surface area contributed by atoms with Crippen molar-refractivity contribution in [2.24, 2.45) is 11.8 Å². The molecule has 1 fully saturated rings. The molecule has 1 aliphatic rings. The zero-order valence-corrected chi connectivity index (χ0v) is 17.2. The summed E-state index contributed by atoms with van der Waals surface area (Å²) >= 11 is 0. The number of nitrogens with zero attached hydrogens (tertiary/aromatic N) is 1. The highest BCUT2D eigenvalue weighted by Crippen LogP contribution is 2.41. The maximum Gasteiger partial charge on any atom is 0.228 e. The normalized spacial score (nSPS) is 18.2. The lowest BCUT2D eigenvalue weighted by Crippen LogP contribution is -2.38. The molecule has 4 nitrogen and oxygen atoms in total. The van der Waals surface area contributed by atoms with Gasteiger partial charge in [0.2, 0.25) is 11.8 Å². The van der Waals surface area contributed by atoms with Gasteiger partial charge >= 0.3 is 0 Å². The smallest absolute Gasteiger partial charge is 0.228 e. The van der Waals surface area contributed by atoms with Crippen LogP contribution in [0.4, 0.5) is 5.69 Å². The molecule has 28 heavy (non-hydrogen) atoms. The van der Waals surface area contributed by atoms with Crippen LogP contribution in [0.1, 0.15) is 51.2 Å².